The smallest absolute Gasteiger partial charge is 0.128 e. The molecule has 0 saturated carbocycles. The normalized spacial score (nSPS) is 15.1. The van der Waals surface area contributed by atoms with E-state index >= 15 is 0 Å². The first-order chi connectivity index (χ1) is 10.0. The minimum atomic E-state index is 0.140. The molecule has 112 valence electrons. The molecule has 0 saturated heterocycles. The Bertz CT molecular complexity index is 595. The molecule has 0 radical (unpaired) electrons. The van der Waals surface area contributed by atoms with E-state index in [1.165, 1.54) is 16.0 Å². The third-order valence-corrected chi connectivity index (χ3v) is 4.79. The van der Waals surface area contributed by atoms with Gasteiger partial charge in [-0.15, -0.1) is 11.3 Å². The number of thiophene rings is 1. The summed E-state index contributed by atoms with van der Waals surface area (Å²) in [7, 11) is 0. The maximum Gasteiger partial charge on any atom is 0.128 e. The highest BCUT2D eigenvalue weighted by Crippen LogP contribution is 2.26. The molecule has 0 atom stereocenters. The Balaban J connectivity index is 1.65. The molecule has 2 aromatic heterocycles. The Morgan fingerprint density at radius 2 is 2.14 bits per heavy atom. The van der Waals surface area contributed by atoms with E-state index < -0.39 is 0 Å². The van der Waals surface area contributed by atoms with E-state index in [9.17, 15) is 0 Å². The molecular weight excluding hydrogens is 278 g/mol. The summed E-state index contributed by atoms with van der Waals surface area (Å²) in [5.74, 6) is 1.09. The van der Waals surface area contributed by atoms with Gasteiger partial charge in [-0.25, -0.2) is 4.98 Å². The van der Waals surface area contributed by atoms with Gasteiger partial charge in [-0.05, 0) is 55.8 Å². The number of pyridine rings is 1. The van der Waals surface area contributed by atoms with Crippen LogP contribution in [0.3, 0.4) is 0 Å². The summed E-state index contributed by atoms with van der Waals surface area (Å²) >= 11 is 1.88. The fraction of sp³-hybridized carbons (Fsp3) is 0.471. The average molecular weight is 301 g/mol. The third kappa shape index (κ3) is 3.63. The summed E-state index contributed by atoms with van der Waals surface area (Å²) in [5, 5.41) is 5.69. The summed E-state index contributed by atoms with van der Waals surface area (Å²) in [6, 6.07) is 6.58. The van der Waals surface area contributed by atoms with Crippen molar-refractivity contribution in [1.82, 2.24) is 10.3 Å². The number of hydrogen-bond acceptors (Lipinski definition) is 4. The van der Waals surface area contributed by atoms with Crippen molar-refractivity contribution in [2.75, 3.05) is 11.4 Å². The van der Waals surface area contributed by atoms with Gasteiger partial charge in [0.1, 0.15) is 5.82 Å². The molecule has 0 aromatic carbocycles. The average Bonchev–Trinajstić information content (AvgIpc) is 2.92. The van der Waals surface area contributed by atoms with Crippen LogP contribution in [0.15, 0.2) is 29.8 Å². The minimum absolute atomic E-state index is 0.140. The van der Waals surface area contributed by atoms with Gasteiger partial charge in [-0.3, -0.25) is 0 Å². The standard InChI is InChI=1S/C17H23N3S/c1-17(2,3)19-11-13-4-5-16(18-10-13)20-8-6-15-14(12-20)7-9-21-15/h4-5,7,9-10,19H,6,8,11-12H2,1-3H3. The Labute approximate surface area is 131 Å². The fourth-order valence-electron chi connectivity index (χ4n) is 2.52. The van der Waals surface area contributed by atoms with E-state index in [2.05, 4.69) is 59.6 Å². The van der Waals surface area contributed by atoms with Crippen LogP contribution in [0, 0.1) is 0 Å². The number of rotatable bonds is 3. The molecule has 0 unspecified atom stereocenters. The van der Waals surface area contributed by atoms with Crippen molar-refractivity contribution >= 4 is 17.2 Å². The van der Waals surface area contributed by atoms with Gasteiger partial charge in [0.05, 0.1) is 0 Å². The monoisotopic (exact) mass is 301 g/mol. The van der Waals surface area contributed by atoms with Gasteiger partial charge in [0.25, 0.3) is 0 Å². The summed E-state index contributed by atoms with van der Waals surface area (Å²) in [6.07, 6.45) is 3.14. The highest BCUT2D eigenvalue weighted by molar-refractivity contribution is 7.10. The highest BCUT2D eigenvalue weighted by Gasteiger charge is 2.18. The summed E-state index contributed by atoms with van der Waals surface area (Å²) in [5.41, 5.74) is 2.84. The number of hydrogen-bond donors (Lipinski definition) is 1. The molecule has 1 aliphatic rings. The predicted molar refractivity (Wildman–Crippen MR) is 89.9 cm³/mol. The van der Waals surface area contributed by atoms with Crippen LogP contribution in [0.5, 0.6) is 0 Å². The van der Waals surface area contributed by atoms with Crippen LogP contribution < -0.4 is 10.2 Å². The Hall–Kier alpha value is -1.39. The van der Waals surface area contributed by atoms with Crippen molar-refractivity contribution in [3.05, 3.63) is 45.8 Å². The summed E-state index contributed by atoms with van der Waals surface area (Å²) < 4.78 is 0. The Morgan fingerprint density at radius 1 is 1.29 bits per heavy atom. The van der Waals surface area contributed by atoms with Gasteiger partial charge in [-0.2, -0.15) is 0 Å². The molecule has 1 N–H and O–H groups in total. The topological polar surface area (TPSA) is 28.2 Å². The molecule has 21 heavy (non-hydrogen) atoms. The number of aromatic nitrogens is 1. The van der Waals surface area contributed by atoms with Crippen molar-refractivity contribution in [2.45, 2.75) is 45.8 Å². The number of anilines is 1. The van der Waals surface area contributed by atoms with Gasteiger partial charge in [0.2, 0.25) is 0 Å². The second-order valence-corrected chi connectivity index (χ2v) is 7.67. The number of fused-ring (bicyclic) bond motifs is 1. The van der Waals surface area contributed by atoms with Gasteiger partial charge >= 0.3 is 0 Å². The molecule has 3 rings (SSSR count). The van der Waals surface area contributed by atoms with Crippen molar-refractivity contribution in [3.8, 4) is 0 Å². The largest absolute Gasteiger partial charge is 0.352 e. The van der Waals surface area contributed by atoms with Crippen LogP contribution >= 0.6 is 11.3 Å². The minimum Gasteiger partial charge on any atom is -0.352 e. The summed E-state index contributed by atoms with van der Waals surface area (Å²) in [6.45, 7) is 9.47. The molecule has 4 heteroatoms. The van der Waals surface area contributed by atoms with E-state index in [0.717, 1.165) is 31.9 Å². The zero-order valence-corrected chi connectivity index (χ0v) is 13.8. The zero-order chi connectivity index (χ0) is 14.9. The maximum atomic E-state index is 4.65. The molecule has 0 fully saturated rings. The molecule has 0 amide bonds. The van der Waals surface area contributed by atoms with E-state index in [-0.39, 0.29) is 5.54 Å². The van der Waals surface area contributed by atoms with Gasteiger partial charge in [0, 0.05) is 36.2 Å². The van der Waals surface area contributed by atoms with E-state index in [1.54, 1.807) is 0 Å². The van der Waals surface area contributed by atoms with Crippen molar-refractivity contribution in [2.24, 2.45) is 0 Å². The fourth-order valence-corrected chi connectivity index (χ4v) is 3.41. The predicted octanol–water partition coefficient (Wildman–Crippen LogP) is 3.59. The van der Waals surface area contributed by atoms with E-state index in [0.29, 0.717) is 0 Å². The third-order valence-electron chi connectivity index (χ3n) is 3.76. The van der Waals surface area contributed by atoms with E-state index in [4.69, 9.17) is 0 Å². The van der Waals surface area contributed by atoms with Gasteiger partial charge in [-0.1, -0.05) is 6.07 Å². The van der Waals surface area contributed by atoms with Gasteiger partial charge in [0.15, 0.2) is 0 Å². The lowest BCUT2D eigenvalue weighted by molar-refractivity contribution is 0.424. The molecule has 1 aliphatic heterocycles. The van der Waals surface area contributed by atoms with Crippen LogP contribution in [-0.4, -0.2) is 17.1 Å². The molecule has 2 aromatic rings. The molecule has 0 aliphatic carbocycles. The maximum absolute atomic E-state index is 4.65. The van der Waals surface area contributed by atoms with Crippen LogP contribution in [-0.2, 0) is 19.5 Å². The molecule has 3 nitrogen and oxygen atoms in total. The van der Waals surface area contributed by atoms with Crippen molar-refractivity contribution < 1.29 is 0 Å². The summed E-state index contributed by atoms with van der Waals surface area (Å²) in [4.78, 5) is 8.56. The lowest BCUT2D eigenvalue weighted by Gasteiger charge is -2.28. The zero-order valence-electron chi connectivity index (χ0n) is 13.0. The lowest BCUT2D eigenvalue weighted by atomic mass is 10.1. The quantitative estimate of drug-likeness (QED) is 0.939. The van der Waals surface area contributed by atoms with Crippen LogP contribution in [0.1, 0.15) is 36.8 Å². The second kappa shape index (κ2) is 5.78. The van der Waals surface area contributed by atoms with E-state index in [1.807, 2.05) is 17.5 Å². The van der Waals surface area contributed by atoms with Crippen molar-refractivity contribution in [1.29, 1.82) is 0 Å². The number of nitrogens with zero attached hydrogens (tertiary/aromatic N) is 2. The van der Waals surface area contributed by atoms with Crippen LogP contribution in [0.2, 0.25) is 0 Å². The highest BCUT2D eigenvalue weighted by atomic mass is 32.1. The van der Waals surface area contributed by atoms with Gasteiger partial charge < -0.3 is 10.2 Å². The molecular formula is C17H23N3S. The first-order valence-electron chi connectivity index (χ1n) is 7.51. The first-order valence-corrected chi connectivity index (χ1v) is 8.39. The Kier molecular flexibility index (Phi) is 4.00. The second-order valence-electron chi connectivity index (χ2n) is 6.67. The molecule has 0 spiro atoms. The SMILES string of the molecule is CC(C)(C)NCc1ccc(N2CCc3sccc3C2)nc1. The van der Waals surface area contributed by atoms with Crippen LogP contribution in [0.25, 0.3) is 0 Å². The Morgan fingerprint density at radius 3 is 2.86 bits per heavy atom. The molecule has 3 heterocycles. The first kappa shape index (κ1) is 14.5. The lowest BCUT2D eigenvalue weighted by Crippen LogP contribution is -2.35. The molecule has 0 bridgehead atoms. The van der Waals surface area contributed by atoms with Crippen molar-refractivity contribution in [3.63, 3.8) is 0 Å². The number of nitrogens with one attached hydrogen (secondary N) is 1. The van der Waals surface area contributed by atoms with Crippen LogP contribution in [0.4, 0.5) is 5.82 Å².